The summed E-state index contributed by atoms with van der Waals surface area (Å²) >= 11 is 0. The molecule has 0 amide bonds. The van der Waals surface area contributed by atoms with Crippen LogP contribution in [0.15, 0.2) is 0 Å². The van der Waals surface area contributed by atoms with Gasteiger partial charge in [-0.1, -0.05) is 19.3 Å². The maximum absolute atomic E-state index is 11.1. The first-order valence-corrected chi connectivity index (χ1v) is 6.63. The first-order chi connectivity index (χ1) is 7.74. The van der Waals surface area contributed by atoms with E-state index in [1.165, 1.54) is 32.1 Å². The number of carbonyl (C=O) groups excluding carboxylic acids is 1. The first-order valence-electron chi connectivity index (χ1n) is 6.63. The Morgan fingerprint density at radius 3 is 2.69 bits per heavy atom. The standard InChI is InChI=1S/C13H25NO2/c1-3-16-13(15)9-10-14-11(2)12-7-5-4-6-8-12/h11-12,14H,3-10H2,1-2H3. The van der Waals surface area contributed by atoms with Crippen LogP contribution in [0.4, 0.5) is 0 Å². The van der Waals surface area contributed by atoms with Crippen molar-refractivity contribution in [2.24, 2.45) is 5.92 Å². The quantitative estimate of drug-likeness (QED) is 0.709. The van der Waals surface area contributed by atoms with E-state index in [1.807, 2.05) is 6.92 Å². The van der Waals surface area contributed by atoms with Gasteiger partial charge in [-0.3, -0.25) is 4.79 Å². The third-order valence-electron chi connectivity index (χ3n) is 3.46. The van der Waals surface area contributed by atoms with Crippen molar-refractivity contribution < 1.29 is 9.53 Å². The Labute approximate surface area is 98.9 Å². The molecule has 3 nitrogen and oxygen atoms in total. The molecular weight excluding hydrogens is 202 g/mol. The fraction of sp³-hybridized carbons (Fsp3) is 0.923. The highest BCUT2D eigenvalue weighted by Gasteiger charge is 2.19. The molecule has 1 rings (SSSR count). The van der Waals surface area contributed by atoms with Crippen LogP contribution in [0.3, 0.4) is 0 Å². The average Bonchev–Trinajstić information content (AvgIpc) is 2.30. The van der Waals surface area contributed by atoms with E-state index in [9.17, 15) is 4.79 Å². The molecule has 1 N–H and O–H groups in total. The predicted octanol–water partition coefficient (Wildman–Crippen LogP) is 2.50. The van der Waals surface area contributed by atoms with Gasteiger partial charge in [0.1, 0.15) is 0 Å². The molecule has 1 unspecified atom stereocenters. The summed E-state index contributed by atoms with van der Waals surface area (Å²) in [5.41, 5.74) is 0. The van der Waals surface area contributed by atoms with Gasteiger partial charge >= 0.3 is 5.97 Å². The van der Waals surface area contributed by atoms with Gasteiger partial charge in [-0.25, -0.2) is 0 Å². The van der Waals surface area contributed by atoms with Gasteiger partial charge in [0.05, 0.1) is 13.0 Å². The lowest BCUT2D eigenvalue weighted by Gasteiger charge is -2.28. The molecule has 1 aliphatic rings. The molecule has 94 valence electrons. The topological polar surface area (TPSA) is 38.3 Å². The van der Waals surface area contributed by atoms with Gasteiger partial charge in [-0.05, 0) is 32.6 Å². The lowest BCUT2D eigenvalue weighted by Crippen LogP contribution is -2.36. The zero-order valence-corrected chi connectivity index (χ0v) is 10.6. The maximum atomic E-state index is 11.1. The lowest BCUT2D eigenvalue weighted by molar-refractivity contribution is -0.143. The van der Waals surface area contributed by atoms with Crippen LogP contribution in [0.5, 0.6) is 0 Å². The Hall–Kier alpha value is -0.570. The highest BCUT2D eigenvalue weighted by molar-refractivity contribution is 5.69. The Morgan fingerprint density at radius 2 is 2.06 bits per heavy atom. The van der Waals surface area contributed by atoms with Crippen molar-refractivity contribution in [2.75, 3.05) is 13.2 Å². The summed E-state index contributed by atoms with van der Waals surface area (Å²) in [7, 11) is 0. The number of rotatable bonds is 6. The Kier molecular flexibility index (Phi) is 6.46. The van der Waals surface area contributed by atoms with Crippen LogP contribution < -0.4 is 5.32 Å². The van der Waals surface area contributed by atoms with Crippen LogP contribution in [0, 0.1) is 5.92 Å². The second-order valence-corrected chi connectivity index (χ2v) is 4.70. The third-order valence-corrected chi connectivity index (χ3v) is 3.46. The summed E-state index contributed by atoms with van der Waals surface area (Å²) in [6.45, 7) is 5.31. The van der Waals surface area contributed by atoms with E-state index in [2.05, 4.69) is 12.2 Å². The minimum Gasteiger partial charge on any atom is -0.466 e. The van der Waals surface area contributed by atoms with Crippen molar-refractivity contribution in [1.29, 1.82) is 0 Å². The molecule has 3 heteroatoms. The molecule has 0 bridgehead atoms. The Bertz CT molecular complexity index is 200. The zero-order chi connectivity index (χ0) is 11.8. The van der Waals surface area contributed by atoms with E-state index in [0.29, 0.717) is 19.1 Å². The fourth-order valence-corrected chi connectivity index (χ4v) is 2.44. The summed E-state index contributed by atoms with van der Waals surface area (Å²) < 4.78 is 4.89. The molecule has 0 saturated heterocycles. The SMILES string of the molecule is CCOC(=O)CCNC(C)C1CCCCC1. The number of nitrogens with one attached hydrogen (secondary N) is 1. The number of esters is 1. The van der Waals surface area contributed by atoms with Gasteiger partial charge in [0.2, 0.25) is 0 Å². The number of ether oxygens (including phenoxy) is 1. The van der Waals surface area contributed by atoms with E-state index < -0.39 is 0 Å². The van der Waals surface area contributed by atoms with Crippen LogP contribution in [0.25, 0.3) is 0 Å². The van der Waals surface area contributed by atoms with Crippen LogP contribution >= 0.6 is 0 Å². The number of hydrogen-bond acceptors (Lipinski definition) is 3. The van der Waals surface area contributed by atoms with Gasteiger partial charge in [0, 0.05) is 12.6 Å². The first kappa shape index (κ1) is 13.5. The minimum atomic E-state index is -0.0918. The molecule has 0 aliphatic heterocycles. The Morgan fingerprint density at radius 1 is 1.38 bits per heavy atom. The summed E-state index contributed by atoms with van der Waals surface area (Å²) in [4.78, 5) is 11.1. The Balaban J connectivity index is 2.09. The molecule has 16 heavy (non-hydrogen) atoms. The van der Waals surface area contributed by atoms with Crippen molar-refractivity contribution in [3.63, 3.8) is 0 Å². The van der Waals surface area contributed by atoms with Crippen molar-refractivity contribution in [3.8, 4) is 0 Å². The highest BCUT2D eigenvalue weighted by Crippen LogP contribution is 2.26. The smallest absolute Gasteiger partial charge is 0.307 e. The number of hydrogen-bond donors (Lipinski definition) is 1. The summed E-state index contributed by atoms with van der Waals surface area (Å²) in [6.07, 6.45) is 7.31. The van der Waals surface area contributed by atoms with E-state index >= 15 is 0 Å². The fourth-order valence-electron chi connectivity index (χ4n) is 2.44. The van der Waals surface area contributed by atoms with Crippen LogP contribution in [0.1, 0.15) is 52.4 Å². The normalized spacial score (nSPS) is 19.4. The van der Waals surface area contributed by atoms with Crippen molar-refractivity contribution in [2.45, 2.75) is 58.4 Å². The average molecular weight is 227 g/mol. The number of carbonyl (C=O) groups is 1. The largest absolute Gasteiger partial charge is 0.466 e. The van der Waals surface area contributed by atoms with Gasteiger partial charge in [0.15, 0.2) is 0 Å². The molecule has 0 aromatic heterocycles. The highest BCUT2D eigenvalue weighted by atomic mass is 16.5. The van der Waals surface area contributed by atoms with E-state index in [-0.39, 0.29) is 5.97 Å². The monoisotopic (exact) mass is 227 g/mol. The van der Waals surface area contributed by atoms with E-state index in [0.717, 1.165) is 12.5 Å². The molecule has 1 aliphatic carbocycles. The predicted molar refractivity (Wildman–Crippen MR) is 65.3 cm³/mol. The molecule has 1 saturated carbocycles. The molecule has 0 radical (unpaired) electrons. The van der Waals surface area contributed by atoms with Gasteiger partial charge < -0.3 is 10.1 Å². The molecule has 1 fully saturated rings. The molecule has 0 spiro atoms. The summed E-state index contributed by atoms with van der Waals surface area (Å²) in [5.74, 6) is 0.710. The lowest BCUT2D eigenvalue weighted by atomic mass is 9.84. The van der Waals surface area contributed by atoms with Gasteiger partial charge in [-0.15, -0.1) is 0 Å². The van der Waals surface area contributed by atoms with Crippen LogP contribution in [-0.2, 0) is 9.53 Å². The molecular formula is C13H25NO2. The second kappa shape index (κ2) is 7.66. The van der Waals surface area contributed by atoms with Crippen molar-refractivity contribution >= 4 is 5.97 Å². The van der Waals surface area contributed by atoms with E-state index in [1.54, 1.807) is 0 Å². The second-order valence-electron chi connectivity index (χ2n) is 4.70. The van der Waals surface area contributed by atoms with Crippen molar-refractivity contribution in [1.82, 2.24) is 5.32 Å². The molecule has 0 heterocycles. The zero-order valence-electron chi connectivity index (χ0n) is 10.6. The van der Waals surface area contributed by atoms with Gasteiger partial charge in [0.25, 0.3) is 0 Å². The minimum absolute atomic E-state index is 0.0918. The third kappa shape index (κ3) is 4.97. The van der Waals surface area contributed by atoms with Crippen LogP contribution in [-0.4, -0.2) is 25.2 Å². The maximum Gasteiger partial charge on any atom is 0.307 e. The molecule has 1 atom stereocenters. The van der Waals surface area contributed by atoms with Gasteiger partial charge in [-0.2, -0.15) is 0 Å². The summed E-state index contributed by atoms with van der Waals surface area (Å²) in [5, 5.41) is 3.44. The molecule has 0 aromatic carbocycles. The summed E-state index contributed by atoms with van der Waals surface area (Å²) in [6, 6.07) is 0.537. The molecule has 0 aromatic rings. The van der Waals surface area contributed by atoms with Crippen LogP contribution in [0.2, 0.25) is 0 Å². The van der Waals surface area contributed by atoms with E-state index in [4.69, 9.17) is 4.74 Å². The van der Waals surface area contributed by atoms with Crippen molar-refractivity contribution in [3.05, 3.63) is 0 Å².